The van der Waals surface area contributed by atoms with Gasteiger partial charge in [-0.15, -0.1) is 0 Å². The third-order valence-electron chi connectivity index (χ3n) is 1.52. The van der Waals surface area contributed by atoms with E-state index in [1.165, 1.54) is 4.68 Å². The maximum atomic E-state index is 5.72. The molecule has 0 saturated carbocycles. The fourth-order valence-electron chi connectivity index (χ4n) is 1.02. The molecule has 2 aromatic heterocycles. The van der Waals surface area contributed by atoms with Gasteiger partial charge in [0.2, 0.25) is 0 Å². The van der Waals surface area contributed by atoms with Crippen LogP contribution in [0.5, 0.6) is 0 Å². The van der Waals surface area contributed by atoms with Crippen LogP contribution in [0.2, 0.25) is 5.02 Å². The van der Waals surface area contributed by atoms with Crippen molar-refractivity contribution >= 4 is 22.6 Å². The van der Waals surface area contributed by atoms with Crippen LogP contribution in [-0.2, 0) is 0 Å². The van der Waals surface area contributed by atoms with Crippen molar-refractivity contribution in [2.45, 2.75) is 0 Å². The molecule has 56 valence electrons. The molecule has 0 aliphatic rings. The average Bonchev–Trinajstić information content (AvgIpc) is 2.32. The normalized spacial score (nSPS) is 10.6. The monoisotopic (exact) mass is 167 g/mol. The Morgan fingerprint density at radius 3 is 3.18 bits per heavy atom. The van der Waals surface area contributed by atoms with Gasteiger partial charge in [0.1, 0.15) is 0 Å². The zero-order valence-electron chi connectivity index (χ0n) is 5.66. The molecule has 2 heterocycles. The van der Waals surface area contributed by atoms with E-state index in [1.807, 2.05) is 12.1 Å². The number of fused-ring (bicyclic) bond motifs is 1. The van der Waals surface area contributed by atoms with E-state index < -0.39 is 0 Å². The van der Waals surface area contributed by atoms with E-state index in [2.05, 4.69) is 4.98 Å². The van der Waals surface area contributed by atoms with Crippen LogP contribution in [-0.4, -0.2) is 9.66 Å². The lowest BCUT2D eigenvalue weighted by Gasteiger charge is -1.93. The van der Waals surface area contributed by atoms with Crippen LogP contribution in [0.25, 0.3) is 11.0 Å². The maximum Gasteiger partial charge on any atom is 0.158 e. The molecule has 0 aromatic carbocycles. The molecule has 3 nitrogen and oxygen atoms in total. The smallest absolute Gasteiger partial charge is 0.158 e. The summed E-state index contributed by atoms with van der Waals surface area (Å²) in [5.74, 6) is 5.54. The van der Waals surface area contributed by atoms with Gasteiger partial charge in [0.25, 0.3) is 0 Å². The number of aromatic nitrogens is 2. The molecule has 4 heteroatoms. The summed E-state index contributed by atoms with van der Waals surface area (Å²) in [5.41, 5.74) is 0.745. The van der Waals surface area contributed by atoms with Crippen molar-refractivity contribution in [2.75, 3.05) is 5.84 Å². The third-order valence-corrected chi connectivity index (χ3v) is 1.73. The molecule has 0 saturated heterocycles. The van der Waals surface area contributed by atoms with Crippen LogP contribution in [0.1, 0.15) is 0 Å². The SMILES string of the molecule is Nn1ccc2cc(Cl)cnc21. The van der Waals surface area contributed by atoms with E-state index >= 15 is 0 Å². The third kappa shape index (κ3) is 0.935. The quantitative estimate of drug-likeness (QED) is 0.603. The number of pyridine rings is 1. The molecule has 0 aliphatic heterocycles. The lowest BCUT2D eigenvalue weighted by atomic mass is 10.3. The Bertz CT molecular complexity index is 393. The molecule has 0 unspecified atom stereocenters. The first kappa shape index (κ1) is 6.49. The summed E-state index contributed by atoms with van der Waals surface area (Å²) in [6, 6.07) is 3.70. The lowest BCUT2D eigenvalue weighted by molar-refractivity contribution is 1.04. The predicted octanol–water partition coefficient (Wildman–Crippen LogP) is 1.40. The van der Waals surface area contributed by atoms with Crippen molar-refractivity contribution in [2.24, 2.45) is 0 Å². The number of rotatable bonds is 0. The van der Waals surface area contributed by atoms with E-state index in [4.69, 9.17) is 17.4 Å². The van der Waals surface area contributed by atoms with Crippen molar-refractivity contribution < 1.29 is 0 Å². The summed E-state index contributed by atoms with van der Waals surface area (Å²) in [7, 11) is 0. The average molecular weight is 168 g/mol. The Labute approximate surface area is 68.4 Å². The van der Waals surface area contributed by atoms with E-state index in [0.29, 0.717) is 5.02 Å². The molecule has 0 fully saturated rings. The van der Waals surface area contributed by atoms with Crippen LogP contribution < -0.4 is 5.84 Å². The number of hydrogen-bond donors (Lipinski definition) is 1. The van der Waals surface area contributed by atoms with Crippen LogP contribution in [0.15, 0.2) is 24.5 Å². The van der Waals surface area contributed by atoms with Gasteiger partial charge in [0, 0.05) is 17.8 Å². The fraction of sp³-hybridized carbons (Fsp3) is 0. The van der Waals surface area contributed by atoms with Crippen molar-refractivity contribution in [3.8, 4) is 0 Å². The van der Waals surface area contributed by atoms with Crippen LogP contribution in [0.3, 0.4) is 0 Å². The van der Waals surface area contributed by atoms with E-state index in [1.54, 1.807) is 12.4 Å². The van der Waals surface area contributed by atoms with Crippen molar-refractivity contribution in [1.29, 1.82) is 0 Å². The summed E-state index contributed by atoms with van der Waals surface area (Å²) in [6.07, 6.45) is 3.32. The summed E-state index contributed by atoms with van der Waals surface area (Å²) in [4.78, 5) is 4.05. The molecule has 0 amide bonds. The highest BCUT2D eigenvalue weighted by atomic mass is 35.5. The summed E-state index contributed by atoms with van der Waals surface area (Å²) in [6.45, 7) is 0. The summed E-state index contributed by atoms with van der Waals surface area (Å²) >= 11 is 5.72. The van der Waals surface area contributed by atoms with Crippen LogP contribution >= 0.6 is 11.6 Å². The summed E-state index contributed by atoms with van der Waals surface area (Å²) in [5, 5.41) is 1.59. The van der Waals surface area contributed by atoms with Gasteiger partial charge in [0.15, 0.2) is 5.65 Å². The van der Waals surface area contributed by atoms with Crippen molar-refractivity contribution in [3.63, 3.8) is 0 Å². The van der Waals surface area contributed by atoms with E-state index in [0.717, 1.165) is 11.0 Å². The second-order valence-corrected chi connectivity index (χ2v) is 2.73. The van der Waals surface area contributed by atoms with Gasteiger partial charge in [-0.2, -0.15) is 0 Å². The Morgan fingerprint density at radius 2 is 2.36 bits per heavy atom. The van der Waals surface area contributed by atoms with E-state index in [9.17, 15) is 0 Å². The Morgan fingerprint density at radius 1 is 1.55 bits per heavy atom. The molecule has 0 radical (unpaired) electrons. The minimum atomic E-state index is 0.628. The Balaban J connectivity index is 2.86. The second-order valence-electron chi connectivity index (χ2n) is 2.29. The van der Waals surface area contributed by atoms with Gasteiger partial charge in [-0.05, 0) is 12.1 Å². The van der Waals surface area contributed by atoms with Crippen LogP contribution in [0.4, 0.5) is 0 Å². The first-order chi connectivity index (χ1) is 5.27. The highest BCUT2D eigenvalue weighted by Gasteiger charge is 1.98. The molecule has 0 atom stereocenters. The van der Waals surface area contributed by atoms with Gasteiger partial charge < -0.3 is 5.84 Å². The number of hydrogen-bond acceptors (Lipinski definition) is 2. The molecule has 11 heavy (non-hydrogen) atoms. The standard InChI is InChI=1S/C7H6ClN3/c8-6-3-5-1-2-11(9)7(5)10-4-6/h1-4H,9H2. The fourth-order valence-corrected chi connectivity index (χ4v) is 1.18. The number of nitrogens with zero attached hydrogens (tertiary/aromatic N) is 2. The molecular formula is C7H6ClN3. The number of nitrogen functional groups attached to an aromatic ring is 1. The van der Waals surface area contributed by atoms with Gasteiger partial charge in [-0.25, -0.2) is 4.98 Å². The maximum absolute atomic E-state index is 5.72. The molecule has 0 bridgehead atoms. The van der Waals surface area contributed by atoms with Gasteiger partial charge >= 0.3 is 0 Å². The second kappa shape index (κ2) is 2.13. The minimum absolute atomic E-state index is 0.628. The largest absolute Gasteiger partial charge is 0.338 e. The number of nitrogens with two attached hydrogens (primary N) is 1. The predicted molar refractivity (Wildman–Crippen MR) is 44.9 cm³/mol. The zero-order valence-corrected chi connectivity index (χ0v) is 6.42. The topological polar surface area (TPSA) is 43.8 Å². The highest BCUT2D eigenvalue weighted by Crippen LogP contribution is 2.15. The molecule has 2 rings (SSSR count). The first-order valence-corrected chi connectivity index (χ1v) is 3.53. The molecule has 2 aromatic rings. The molecule has 0 spiro atoms. The highest BCUT2D eigenvalue weighted by molar-refractivity contribution is 6.31. The van der Waals surface area contributed by atoms with E-state index in [-0.39, 0.29) is 0 Å². The molecular weight excluding hydrogens is 162 g/mol. The zero-order chi connectivity index (χ0) is 7.84. The summed E-state index contributed by atoms with van der Waals surface area (Å²) < 4.78 is 1.46. The van der Waals surface area contributed by atoms with Gasteiger partial charge in [-0.1, -0.05) is 11.6 Å². The minimum Gasteiger partial charge on any atom is -0.338 e. The van der Waals surface area contributed by atoms with Crippen molar-refractivity contribution in [1.82, 2.24) is 9.66 Å². The number of halogens is 1. The van der Waals surface area contributed by atoms with Crippen molar-refractivity contribution in [3.05, 3.63) is 29.5 Å². The van der Waals surface area contributed by atoms with Gasteiger partial charge in [-0.3, -0.25) is 4.68 Å². The first-order valence-electron chi connectivity index (χ1n) is 3.15. The van der Waals surface area contributed by atoms with Gasteiger partial charge in [0.05, 0.1) is 5.02 Å². The molecule has 0 aliphatic carbocycles. The lowest BCUT2D eigenvalue weighted by Crippen LogP contribution is -2.05. The molecule has 2 N–H and O–H groups in total. The Hall–Kier alpha value is -1.22. The van der Waals surface area contributed by atoms with Crippen LogP contribution in [0, 0.1) is 0 Å². The Kier molecular flexibility index (Phi) is 1.26.